The summed E-state index contributed by atoms with van der Waals surface area (Å²) in [6.07, 6.45) is 8.49. The second-order valence-electron chi connectivity index (χ2n) is 7.16. The molecule has 1 atom stereocenters. The van der Waals surface area contributed by atoms with E-state index in [1.54, 1.807) is 13.2 Å². The van der Waals surface area contributed by atoms with Crippen molar-refractivity contribution in [2.75, 3.05) is 13.6 Å². The van der Waals surface area contributed by atoms with Crippen LogP contribution in [0.2, 0.25) is 0 Å². The molecule has 2 aliphatic rings. The lowest BCUT2D eigenvalue weighted by molar-refractivity contribution is -0.121. The number of pyridine rings is 1. The van der Waals surface area contributed by atoms with Crippen LogP contribution < -0.4 is 0 Å². The van der Waals surface area contributed by atoms with Gasteiger partial charge in [-0.05, 0) is 54.7 Å². The Bertz CT molecular complexity index is 973. The van der Waals surface area contributed by atoms with E-state index in [4.69, 9.17) is 12.2 Å². The molecule has 0 aliphatic carbocycles. The van der Waals surface area contributed by atoms with Crippen molar-refractivity contribution in [2.45, 2.75) is 25.3 Å². The van der Waals surface area contributed by atoms with Gasteiger partial charge in [-0.15, -0.1) is 0 Å². The number of amides is 2. The number of benzene rings is 1. The number of rotatable bonds is 3. The fourth-order valence-corrected chi connectivity index (χ4v) is 4.86. The standard InChI is InChI=1S/C22H21N3O2S2/c1-24-21(27)19(29-22(24)28)13-15-7-9-16(10-8-15)20(26)25-12-3-2-6-18(25)17-5-4-11-23-14-17/h4-5,7-11,13-14,18H,2-3,6,12H2,1H3. The largest absolute Gasteiger partial charge is 0.332 e. The number of aromatic nitrogens is 1. The summed E-state index contributed by atoms with van der Waals surface area (Å²) in [4.78, 5) is 33.6. The topological polar surface area (TPSA) is 53.5 Å². The zero-order valence-electron chi connectivity index (χ0n) is 16.1. The molecule has 5 nitrogen and oxygen atoms in total. The summed E-state index contributed by atoms with van der Waals surface area (Å²) in [7, 11) is 1.68. The van der Waals surface area contributed by atoms with Crippen LogP contribution in [-0.4, -0.2) is 44.5 Å². The van der Waals surface area contributed by atoms with Crippen LogP contribution in [0.25, 0.3) is 6.08 Å². The highest BCUT2D eigenvalue weighted by Gasteiger charge is 2.30. The third kappa shape index (κ3) is 4.11. The van der Waals surface area contributed by atoms with E-state index < -0.39 is 0 Å². The summed E-state index contributed by atoms with van der Waals surface area (Å²) < 4.78 is 0.555. The maximum Gasteiger partial charge on any atom is 0.265 e. The molecule has 2 aromatic rings. The van der Waals surface area contributed by atoms with Crippen LogP contribution in [0.3, 0.4) is 0 Å². The van der Waals surface area contributed by atoms with Crippen LogP contribution in [0.5, 0.6) is 0 Å². The van der Waals surface area contributed by atoms with Gasteiger partial charge in [0.05, 0.1) is 10.9 Å². The molecular formula is C22H21N3O2S2. The summed E-state index contributed by atoms with van der Waals surface area (Å²) in [5.74, 6) is -0.0576. The van der Waals surface area contributed by atoms with Crippen LogP contribution >= 0.6 is 24.0 Å². The lowest BCUT2D eigenvalue weighted by Gasteiger charge is -2.36. The van der Waals surface area contributed by atoms with Gasteiger partial charge in [-0.2, -0.15) is 0 Å². The molecule has 148 valence electrons. The normalized spacial score (nSPS) is 21.1. The van der Waals surface area contributed by atoms with Crippen molar-refractivity contribution in [3.8, 4) is 0 Å². The molecule has 0 spiro atoms. The second-order valence-corrected chi connectivity index (χ2v) is 8.83. The first-order chi connectivity index (χ1) is 14.0. The fraction of sp³-hybridized carbons (Fsp3) is 0.273. The zero-order chi connectivity index (χ0) is 20.4. The number of thiocarbonyl (C=S) groups is 1. The lowest BCUT2D eigenvalue weighted by Crippen LogP contribution is -2.38. The highest BCUT2D eigenvalue weighted by Crippen LogP contribution is 2.33. The van der Waals surface area contributed by atoms with Gasteiger partial charge in [-0.1, -0.05) is 42.2 Å². The Morgan fingerprint density at radius 2 is 2.03 bits per heavy atom. The first-order valence-electron chi connectivity index (χ1n) is 9.57. The maximum atomic E-state index is 13.2. The zero-order valence-corrected chi connectivity index (χ0v) is 17.7. The van der Waals surface area contributed by atoms with E-state index in [1.165, 1.54) is 16.7 Å². The molecule has 7 heteroatoms. The summed E-state index contributed by atoms with van der Waals surface area (Å²) in [6, 6.07) is 11.4. The third-order valence-electron chi connectivity index (χ3n) is 5.27. The van der Waals surface area contributed by atoms with Crippen LogP contribution in [0.1, 0.15) is 46.8 Å². The third-order valence-corrected chi connectivity index (χ3v) is 6.76. The van der Waals surface area contributed by atoms with E-state index in [2.05, 4.69) is 4.98 Å². The van der Waals surface area contributed by atoms with Crippen molar-refractivity contribution in [2.24, 2.45) is 0 Å². The Kier molecular flexibility index (Phi) is 5.78. The molecule has 1 aromatic heterocycles. The quantitative estimate of drug-likeness (QED) is 0.545. The number of likely N-dealkylation sites (tertiary alicyclic amines) is 1. The summed E-state index contributed by atoms with van der Waals surface area (Å²) in [5, 5.41) is 0. The second kappa shape index (κ2) is 8.47. The number of hydrogen-bond donors (Lipinski definition) is 0. The van der Waals surface area contributed by atoms with Crippen LogP contribution in [0.15, 0.2) is 53.7 Å². The molecule has 4 rings (SSSR count). The van der Waals surface area contributed by atoms with Crippen molar-refractivity contribution in [3.63, 3.8) is 0 Å². The monoisotopic (exact) mass is 423 g/mol. The van der Waals surface area contributed by atoms with Crippen LogP contribution in [0.4, 0.5) is 0 Å². The average Bonchev–Trinajstić information content (AvgIpc) is 3.01. The SMILES string of the molecule is CN1C(=O)C(=Cc2ccc(C(=O)N3CCCCC3c3cccnc3)cc2)SC1=S. The van der Waals surface area contributed by atoms with Crippen LogP contribution in [-0.2, 0) is 4.79 Å². The smallest absolute Gasteiger partial charge is 0.265 e. The van der Waals surface area contributed by atoms with Gasteiger partial charge in [-0.25, -0.2) is 0 Å². The van der Waals surface area contributed by atoms with Gasteiger partial charge in [-0.3, -0.25) is 19.5 Å². The first kappa shape index (κ1) is 19.8. The molecule has 2 fully saturated rings. The van der Waals surface area contributed by atoms with Gasteiger partial charge in [0.2, 0.25) is 0 Å². The van der Waals surface area contributed by atoms with Gasteiger partial charge < -0.3 is 4.90 Å². The molecular weight excluding hydrogens is 402 g/mol. The number of piperidine rings is 1. The van der Waals surface area contributed by atoms with Crippen molar-refractivity contribution in [1.29, 1.82) is 0 Å². The Labute approximate surface area is 179 Å². The Morgan fingerprint density at radius 1 is 1.24 bits per heavy atom. The summed E-state index contributed by atoms with van der Waals surface area (Å²) in [6.45, 7) is 0.749. The first-order valence-corrected chi connectivity index (χ1v) is 10.8. The van der Waals surface area contributed by atoms with Gasteiger partial charge in [0.15, 0.2) is 0 Å². The predicted octanol–water partition coefficient (Wildman–Crippen LogP) is 4.28. The predicted molar refractivity (Wildman–Crippen MR) is 119 cm³/mol. The van der Waals surface area contributed by atoms with E-state index >= 15 is 0 Å². The molecule has 0 N–H and O–H groups in total. The molecule has 3 heterocycles. The van der Waals surface area contributed by atoms with E-state index in [0.29, 0.717) is 14.8 Å². The Morgan fingerprint density at radius 3 is 2.69 bits per heavy atom. The van der Waals surface area contributed by atoms with Crippen LogP contribution in [0, 0.1) is 0 Å². The highest BCUT2D eigenvalue weighted by molar-refractivity contribution is 8.26. The van der Waals surface area contributed by atoms with Crippen molar-refractivity contribution < 1.29 is 9.59 Å². The van der Waals surface area contributed by atoms with E-state index in [-0.39, 0.29) is 17.9 Å². The molecule has 0 bridgehead atoms. The van der Waals surface area contributed by atoms with E-state index in [0.717, 1.165) is 36.9 Å². The number of carbonyl (C=O) groups is 2. The molecule has 2 amide bonds. The minimum atomic E-state index is -0.0900. The number of thioether (sulfide) groups is 1. The van der Waals surface area contributed by atoms with E-state index in [1.807, 2.05) is 53.6 Å². The number of nitrogens with zero attached hydrogens (tertiary/aromatic N) is 3. The van der Waals surface area contributed by atoms with Gasteiger partial charge in [0, 0.05) is 31.5 Å². The number of likely N-dealkylation sites (N-methyl/N-ethyl adjacent to an activating group) is 1. The molecule has 1 unspecified atom stereocenters. The molecule has 0 saturated carbocycles. The maximum absolute atomic E-state index is 13.2. The molecule has 2 saturated heterocycles. The van der Waals surface area contributed by atoms with Gasteiger partial charge in [0.25, 0.3) is 11.8 Å². The average molecular weight is 424 g/mol. The Hall–Kier alpha value is -2.51. The lowest BCUT2D eigenvalue weighted by atomic mass is 9.95. The molecule has 29 heavy (non-hydrogen) atoms. The molecule has 2 aliphatic heterocycles. The number of hydrogen-bond acceptors (Lipinski definition) is 5. The van der Waals surface area contributed by atoms with Crippen molar-refractivity contribution in [3.05, 3.63) is 70.4 Å². The highest BCUT2D eigenvalue weighted by atomic mass is 32.2. The van der Waals surface area contributed by atoms with Crippen molar-refractivity contribution >= 4 is 46.2 Å². The summed E-state index contributed by atoms with van der Waals surface area (Å²) >= 11 is 6.46. The minimum Gasteiger partial charge on any atom is -0.332 e. The number of carbonyl (C=O) groups excluding carboxylic acids is 2. The van der Waals surface area contributed by atoms with E-state index in [9.17, 15) is 9.59 Å². The molecule has 1 aromatic carbocycles. The van der Waals surface area contributed by atoms with Crippen molar-refractivity contribution in [1.82, 2.24) is 14.8 Å². The van der Waals surface area contributed by atoms with Gasteiger partial charge in [0.1, 0.15) is 4.32 Å². The minimum absolute atomic E-state index is 0.0324. The molecule has 0 radical (unpaired) electrons. The summed E-state index contributed by atoms with van der Waals surface area (Å²) in [5.41, 5.74) is 2.61. The Balaban J connectivity index is 1.53. The fourth-order valence-electron chi connectivity index (χ4n) is 3.68. The van der Waals surface area contributed by atoms with Gasteiger partial charge >= 0.3 is 0 Å².